The van der Waals surface area contributed by atoms with Crippen molar-refractivity contribution in [1.82, 2.24) is 5.32 Å². The van der Waals surface area contributed by atoms with Crippen LogP contribution in [0.2, 0.25) is 0 Å². The number of rotatable bonds is 8. The zero-order valence-electron chi connectivity index (χ0n) is 14.1. The second-order valence-corrected chi connectivity index (χ2v) is 6.26. The van der Waals surface area contributed by atoms with Crippen molar-refractivity contribution in [2.24, 2.45) is 0 Å². The Morgan fingerprint density at radius 3 is 2.52 bits per heavy atom. The number of halogens is 3. The van der Waals surface area contributed by atoms with Gasteiger partial charge in [0.1, 0.15) is 5.75 Å². The third kappa shape index (κ3) is 7.57. The van der Waals surface area contributed by atoms with Gasteiger partial charge < -0.3 is 15.4 Å². The molecule has 0 aliphatic carbocycles. The molecule has 0 fully saturated rings. The number of para-hydroxylation sites is 1. The SMILES string of the molecule is O=C(/C=C/c1ccccc1OC(F)F)NCCC(=O)Nc1ccc(Br)cc1. The Morgan fingerprint density at radius 1 is 1.11 bits per heavy atom. The summed E-state index contributed by atoms with van der Waals surface area (Å²) in [4.78, 5) is 23.6. The summed E-state index contributed by atoms with van der Waals surface area (Å²) in [6.07, 6.45) is 2.66. The quantitative estimate of drug-likeness (QED) is 0.606. The fraction of sp³-hybridized carbons (Fsp3) is 0.158. The zero-order chi connectivity index (χ0) is 19.6. The summed E-state index contributed by atoms with van der Waals surface area (Å²) in [5, 5.41) is 5.27. The minimum absolute atomic E-state index is 0.0228. The van der Waals surface area contributed by atoms with Crippen LogP contribution in [-0.4, -0.2) is 25.0 Å². The highest BCUT2D eigenvalue weighted by atomic mass is 79.9. The molecule has 2 aromatic carbocycles. The van der Waals surface area contributed by atoms with Gasteiger partial charge in [-0.3, -0.25) is 9.59 Å². The van der Waals surface area contributed by atoms with Crippen LogP contribution in [0.1, 0.15) is 12.0 Å². The third-order valence-corrected chi connectivity index (χ3v) is 3.86. The molecule has 2 rings (SSSR count). The van der Waals surface area contributed by atoms with E-state index in [-0.39, 0.29) is 24.6 Å². The number of carbonyl (C=O) groups is 2. The van der Waals surface area contributed by atoms with Crippen LogP contribution in [0.25, 0.3) is 6.08 Å². The Morgan fingerprint density at radius 2 is 1.81 bits per heavy atom. The summed E-state index contributed by atoms with van der Waals surface area (Å²) in [6.45, 7) is -2.81. The van der Waals surface area contributed by atoms with Crippen molar-refractivity contribution in [3.8, 4) is 5.75 Å². The Hall–Kier alpha value is -2.74. The Balaban J connectivity index is 1.78. The average molecular weight is 439 g/mol. The van der Waals surface area contributed by atoms with Gasteiger partial charge in [0, 0.05) is 34.8 Å². The van der Waals surface area contributed by atoms with Gasteiger partial charge in [0.15, 0.2) is 0 Å². The van der Waals surface area contributed by atoms with E-state index in [0.717, 1.165) is 4.47 Å². The number of anilines is 1. The monoisotopic (exact) mass is 438 g/mol. The number of carbonyl (C=O) groups excluding carboxylic acids is 2. The number of alkyl halides is 2. The lowest BCUT2D eigenvalue weighted by Crippen LogP contribution is -2.26. The molecule has 0 saturated heterocycles. The lowest BCUT2D eigenvalue weighted by Gasteiger charge is -2.07. The second kappa shape index (κ2) is 10.4. The molecule has 0 bridgehead atoms. The highest BCUT2D eigenvalue weighted by molar-refractivity contribution is 9.10. The summed E-state index contributed by atoms with van der Waals surface area (Å²) in [6, 6.07) is 13.2. The van der Waals surface area contributed by atoms with Crippen LogP contribution in [0.15, 0.2) is 59.1 Å². The summed E-state index contributed by atoms with van der Waals surface area (Å²) in [5.74, 6) is -0.707. The summed E-state index contributed by atoms with van der Waals surface area (Å²) >= 11 is 3.31. The predicted octanol–water partition coefficient (Wildman–Crippen LogP) is 4.21. The first-order valence-electron chi connectivity index (χ1n) is 7.99. The molecule has 0 saturated carbocycles. The first-order valence-corrected chi connectivity index (χ1v) is 8.78. The van der Waals surface area contributed by atoms with Crippen LogP contribution < -0.4 is 15.4 Å². The maximum atomic E-state index is 12.4. The topological polar surface area (TPSA) is 67.4 Å². The molecule has 142 valence electrons. The molecule has 0 atom stereocenters. The Kier molecular flexibility index (Phi) is 7.94. The number of nitrogens with one attached hydrogen (secondary N) is 2. The average Bonchev–Trinajstić information content (AvgIpc) is 2.62. The molecule has 0 heterocycles. The van der Waals surface area contributed by atoms with Gasteiger partial charge in [-0.15, -0.1) is 0 Å². The minimum atomic E-state index is -2.95. The van der Waals surface area contributed by atoms with Gasteiger partial charge in [0.2, 0.25) is 11.8 Å². The van der Waals surface area contributed by atoms with Crippen LogP contribution in [0.3, 0.4) is 0 Å². The summed E-state index contributed by atoms with van der Waals surface area (Å²) in [7, 11) is 0. The fourth-order valence-electron chi connectivity index (χ4n) is 2.10. The third-order valence-electron chi connectivity index (χ3n) is 3.33. The molecule has 0 radical (unpaired) electrons. The van der Waals surface area contributed by atoms with E-state index in [2.05, 4.69) is 31.3 Å². The number of ether oxygens (including phenoxy) is 1. The summed E-state index contributed by atoms with van der Waals surface area (Å²) in [5.41, 5.74) is 1.01. The van der Waals surface area contributed by atoms with Gasteiger partial charge in [-0.05, 0) is 36.4 Å². The normalized spacial score (nSPS) is 10.8. The lowest BCUT2D eigenvalue weighted by atomic mass is 10.2. The van der Waals surface area contributed by atoms with Crippen molar-refractivity contribution in [3.05, 3.63) is 64.6 Å². The van der Waals surface area contributed by atoms with E-state index >= 15 is 0 Å². The largest absolute Gasteiger partial charge is 0.434 e. The zero-order valence-corrected chi connectivity index (χ0v) is 15.7. The van der Waals surface area contributed by atoms with Crippen molar-refractivity contribution in [2.45, 2.75) is 13.0 Å². The van der Waals surface area contributed by atoms with E-state index < -0.39 is 12.5 Å². The van der Waals surface area contributed by atoms with Gasteiger partial charge >= 0.3 is 6.61 Å². The standard InChI is InChI=1S/C19H17BrF2N2O3/c20-14-6-8-15(9-7-14)24-18(26)11-12-23-17(25)10-5-13-3-1-2-4-16(13)27-19(21)22/h1-10,19H,11-12H2,(H,23,25)(H,24,26)/b10-5+. The molecule has 5 nitrogen and oxygen atoms in total. The van der Waals surface area contributed by atoms with Gasteiger partial charge in [0.25, 0.3) is 0 Å². The first-order chi connectivity index (χ1) is 12.9. The molecule has 2 aromatic rings. The number of amides is 2. The Labute approximate surface area is 163 Å². The molecule has 0 spiro atoms. The van der Waals surface area contributed by atoms with Gasteiger partial charge in [-0.2, -0.15) is 8.78 Å². The van der Waals surface area contributed by atoms with E-state index in [1.54, 1.807) is 42.5 Å². The van der Waals surface area contributed by atoms with Crippen molar-refractivity contribution in [1.29, 1.82) is 0 Å². The van der Waals surface area contributed by atoms with Crippen LogP contribution >= 0.6 is 15.9 Å². The van der Waals surface area contributed by atoms with E-state index in [9.17, 15) is 18.4 Å². The number of hydrogen-bond donors (Lipinski definition) is 2. The maximum absolute atomic E-state index is 12.4. The maximum Gasteiger partial charge on any atom is 0.387 e. The van der Waals surface area contributed by atoms with Crippen LogP contribution in [0.5, 0.6) is 5.75 Å². The minimum Gasteiger partial charge on any atom is -0.434 e. The molecule has 27 heavy (non-hydrogen) atoms. The highest BCUT2D eigenvalue weighted by Crippen LogP contribution is 2.21. The van der Waals surface area contributed by atoms with Crippen LogP contribution in [-0.2, 0) is 9.59 Å². The second-order valence-electron chi connectivity index (χ2n) is 5.35. The molecular formula is C19H17BrF2N2O3. The van der Waals surface area contributed by atoms with Crippen LogP contribution in [0.4, 0.5) is 14.5 Å². The van der Waals surface area contributed by atoms with Crippen molar-refractivity contribution < 1.29 is 23.1 Å². The number of benzene rings is 2. The van der Waals surface area contributed by atoms with E-state index in [1.165, 1.54) is 18.2 Å². The summed E-state index contributed by atoms with van der Waals surface area (Å²) < 4.78 is 30.0. The molecule has 2 N–H and O–H groups in total. The van der Waals surface area contributed by atoms with Crippen molar-refractivity contribution in [2.75, 3.05) is 11.9 Å². The highest BCUT2D eigenvalue weighted by Gasteiger charge is 2.08. The predicted molar refractivity (Wildman–Crippen MR) is 103 cm³/mol. The molecule has 0 aromatic heterocycles. The van der Waals surface area contributed by atoms with E-state index in [4.69, 9.17) is 0 Å². The van der Waals surface area contributed by atoms with E-state index in [1.807, 2.05) is 0 Å². The van der Waals surface area contributed by atoms with Crippen molar-refractivity contribution in [3.63, 3.8) is 0 Å². The fourth-order valence-corrected chi connectivity index (χ4v) is 2.37. The van der Waals surface area contributed by atoms with Gasteiger partial charge in [-0.25, -0.2) is 0 Å². The first kappa shape index (κ1) is 20.6. The molecular weight excluding hydrogens is 422 g/mol. The van der Waals surface area contributed by atoms with Crippen LogP contribution in [0, 0.1) is 0 Å². The molecule has 2 amide bonds. The number of hydrogen-bond acceptors (Lipinski definition) is 3. The van der Waals surface area contributed by atoms with Gasteiger partial charge in [0.05, 0.1) is 0 Å². The molecule has 8 heteroatoms. The molecule has 0 aliphatic rings. The van der Waals surface area contributed by atoms with E-state index in [0.29, 0.717) is 11.3 Å². The molecule has 0 aliphatic heterocycles. The van der Waals surface area contributed by atoms with Gasteiger partial charge in [-0.1, -0.05) is 34.1 Å². The Bertz CT molecular complexity index is 811. The van der Waals surface area contributed by atoms with Crippen molar-refractivity contribution >= 4 is 39.5 Å². The smallest absolute Gasteiger partial charge is 0.387 e. The lowest BCUT2D eigenvalue weighted by molar-refractivity contribution is -0.117. The molecule has 0 unspecified atom stereocenters.